The smallest absolute Gasteiger partial charge is 0.184 e. The predicted octanol–water partition coefficient (Wildman–Crippen LogP) is 3.01. The summed E-state index contributed by atoms with van der Waals surface area (Å²) in [5, 5.41) is 19.4. The third-order valence-corrected chi connectivity index (χ3v) is 3.26. The van der Waals surface area contributed by atoms with Gasteiger partial charge in [-0.2, -0.15) is 0 Å². The van der Waals surface area contributed by atoms with Crippen molar-refractivity contribution in [2.75, 3.05) is 7.11 Å². The lowest BCUT2D eigenvalue weighted by atomic mass is 10.0. The zero-order chi connectivity index (χ0) is 15.7. The van der Waals surface area contributed by atoms with Crippen molar-refractivity contribution in [2.45, 2.75) is 45.1 Å². The molecule has 0 saturated carbocycles. The zero-order valence-electron chi connectivity index (χ0n) is 12.7. The fraction of sp³-hybridized carbons (Fsp3) is 0.471. The summed E-state index contributed by atoms with van der Waals surface area (Å²) in [5.74, 6) is 0.0821. The maximum Gasteiger partial charge on any atom is 0.184 e. The SMILES string of the molecule is CCCCCC=CC(=O)C(O)Cc1ccc(O)c(OC)c1. The number of aliphatic hydroxyl groups is 1. The first-order valence-electron chi connectivity index (χ1n) is 7.32. The van der Waals surface area contributed by atoms with Crippen LogP contribution in [0.3, 0.4) is 0 Å². The summed E-state index contributed by atoms with van der Waals surface area (Å²) >= 11 is 0. The molecule has 1 unspecified atom stereocenters. The molecule has 0 aromatic heterocycles. The van der Waals surface area contributed by atoms with Gasteiger partial charge >= 0.3 is 0 Å². The number of aromatic hydroxyl groups is 1. The Labute approximate surface area is 126 Å². The highest BCUT2D eigenvalue weighted by Gasteiger charge is 2.14. The molecule has 4 heteroatoms. The number of methoxy groups -OCH3 is 1. The molecule has 0 saturated heterocycles. The van der Waals surface area contributed by atoms with Gasteiger partial charge in [-0.25, -0.2) is 0 Å². The standard InChI is InChI=1S/C17H24O4/c1-3-4-5-6-7-8-14(18)16(20)11-13-9-10-15(19)17(12-13)21-2/h7-10,12,16,19-20H,3-6,11H2,1-2H3. The Morgan fingerprint density at radius 1 is 1.38 bits per heavy atom. The number of allylic oxidation sites excluding steroid dienone is 1. The van der Waals surface area contributed by atoms with E-state index in [9.17, 15) is 15.0 Å². The van der Waals surface area contributed by atoms with Gasteiger partial charge in [0.1, 0.15) is 6.10 Å². The highest BCUT2D eigenvalue weighted by molar-refractivity contribution is 5.93. The molecule has 0 spiro atoms. The number of phenolic OH excluding ortho intramolecular Hbond substituents is 1. The van der Waals surface area contributed by atoms with E-state index < -0.39 is 6.10 Å². The molecule has 4 nitrogen and oxygen atoms in total. The molecule has 0 aliphatic rings. The van der Waals surface area contributed by atoms with Crippen molar-refractivity contribution >= 4 is 5.78 Å². The molecule has 0 aliphatic heterocycles. The highest BCUT2D eigenvalue weighted by atomic mass is 16.5. The van der Waals surface area contributed by atoms with E-state index >= 15 is 0 Å². The van der Waals surface area contributed by atoms with Gasteiger partial charge in [0.05, 0.1) is 7.11 Å². The Morgan fingerprint density at radius 3 is 2.81 bits per heavy atom. The van der Waals surface area contributed by atoms with Gasteiger partial charge in [0.15, 0.2) is 17.3 Å². The number of aliphatic hydroxyl groups excluding tert-OH is 1. The van der Waals surface area contributed by atoms with Crippen molar-refractivity contribution in [2.24, 2.45) is 0 Å². The zero-order valence-corrected chi connectivity index (χ0v) is 12.7. The first-order chi connectivity index (χ1) is 10.1. The number of carbonyl (C=O) groups excluding carboxylic acids is 1. The van der Waals surface area contributed by atoms with Crippen LogP contribution in [0.15, 0.2) is 30.4 Å². The van der Waals surface area contributed by atoms with Gasteiger partial charge < -0.3 is 14.9 Å². The molecule has 1 rings (SSSR count). The first kappa shape index (κ1) is 17.2. The monoisotopic (exact) mass is 292 g/mol. The fourth-order valence-corrected chi connectivity index (χ4v) is 2.00. The van der Waals surface area contributed by atoms with Gasteiger partial charge in [-0.3, -0.25) is 4.79 Å². The summed E-state index contributed by atoms with van der Waals surface area (Å²) < 4.78 is 5.00. The lowest BCUT2D eigenvalue weighted by Crippen LogP contribution is -2.20. The summed E-state index contributed by atoms with van der Waals surface area (Å²) in [5.41, 5.74) is 0.741. The normalized spacial score (nSPS) is 12.5. The van der Waals surface area contributed by atoms with E-state index in [0.29, 0.717) is 5.75 Å². The number of unbranched alkanes of at least 4 members (excludes halogenated alkanes) is 3. The van der Waals surface area contributed by atoms with Crippen molar-refractivity contribution in [1.29, 1.82) is 0 Å². The van der Waals surface area contributed by atoms with E-state index in [2.05, 4.69) is 6.92 Å². The second-order valence-corrected chi connectivity index (χ2v) is 5.03. The Kier molecular flexibility index (Phi) is 7.54. The third kappa shape index (κ3) is 6.00. The van der Waals surface area contributed by atoms with E-state index in [1.807, 2.05) is 6.08 Å². The maximum absolute atomic E-state index is 11.8. The number of ether oxygens (including phenoxy) is 1. The number of benzene rings is 1. The molecule has 116 valence electrons. The lowest BCUT2D eigenvalue weighted by molar-refractivity contribution is -0.122. The van der Waals surface area contributed by atoms with Crippen LogP contribution in [0.1, 0.15) is 38.2 Å². The Hall–Kier alpha value is -1.81. The van der Waals surface area contributed by atoms with Crippen LogP contribution in [0.4, 0.5) is 0 Å². The van der Waals surface area contributed by atoms with Crippen molar-refractivity contribution in [3.8, 4) is 11.5 Å². The average Bonchev–Trinajstić information content (AvgIpc) is 2.48. The summed E-state index contributed by atoms with van der Waals surface area (Å²) in [6.07, 6.45) is 6.62. The highest BCUT2D eigenvalue weighted by Crippen LogP contribution is 2.26. The van der Waals surface area contributed by atoms with E-state index in [1.54, 1.807) is 12.1 Å². The van der Waals surface area contributed by atoms with Crippen molar-refractivity contribution in [3.05, 3.63) is 35.9 Å². The van der Waals surface area contributed by atoms with Gasteiger partial charge in [0, 0.05) is 6.42 Å². The molecule has 0 amide bonds. The van der Waals surface area contributed by atoms with Gasteiger partial charge in [0.2, 0.25) is 0 Å². The van der Waals surface area contributed by atoms with E-state index in [0.717, 1.165) is 31.2 Å². The van der Waals surface area contributed by atoms with Gasteiger partial charge in [-0.05, 0) is 36.6 Å². The summed E-state index contributed by atoms with van der Waals surface area (Å²) in [6, 6.07) is 4.78. The number of carbonyl (C=O) groups is 1. The van der Waals surface area contributed by atoms with Crippen LogP contribution in [0.5, 0.6) is 11.5 Å². The summed E-state index contributed by atoms with van der Waals surface area (Å²) in [6.45, 7) is 2.13. The topological polar surface area (TPSA) is 66.8 Å². The number of phenols is 1. The Morgan fingerprint density at radius 2 is 2.14 bits per heavy atom. The van der Waals surface area contributed by atoms with E-state index in [4.69, 9.17) is 4.74 Å². The molecule has 0 fully saturated rings. The third-order valence-electron chi connectivity index (χ3n) is 3.26. The summed E-state index contributed by atoms with van der Waals surface area (Å²) in [7, 11) is 1.46. The Bertz CT molecular complexity index is 480. The first-order valence-corrected chi connectivity index (χ1v) is 7.32. The van der Waals surface area contributed by atoms with Crippen LogP contribution in [-0.2, 0) is 11.2 Å². The number of hydrogen-bond donors (Lipinski definition) is 2. The minimum absolute atomic E-state index is 0.0397. The molecule has 0 heterocycles. The number of ketones is 1. The average molecular weight is 292 g/mol. The number of rotatable bonds is 9. The molecule has 0 aliphatic carbocycles. The van der Waals surface area contributed by atoms with Crippen LogP contribution in [0.2, 0.25) is 0 Å². The maximum atomic E-state index is 11.8. The van der Waals surface area contributed by atoms with Crippen LogP contribution >= 0.6 is 0 Å². The molecule has 1 atom stereocenters. The molecule has 2 N–H and O–H groups in total. The Balaban J connectivity index is 2.52. The van der Waals surface area contributed by atoms with Crippen LogP contribution in [0, 0.1) is 0 Å². The second-order valence-electron chi connectivity index (χ2n) is 5.03. The molecule has 21 heavy (non-hydrogen) atoms. The summed E-state index contributed by atoms with van der Waals surface area (Å²) in [4.78, 5) is 11.8. The quantitative estimate of drug-likeness (QED) is 0.542. The molecular weight excluding hydrogens is 268 g/mol. The van der Waals surface area contributed by atoms with Crippen LogP contribution < -0.4 is 4.74 Å². The number of hydrogen-bond acceptors (Lipinski definition) is 4. The van der Waals surface area contributed by atoms with Crippen LogP contribution in [0.25, 0.3) is 0 Å². The predicted molar refractivity (Wildman–Crippen MR) is 82.7 cm³/mol. The minimum Gasteiger partial charge on any atom is -0.504 e. The molecule has 0 radical (unpaired) electrons. The van der Waals surface area contributed by atoms with Crippen molar-refractivity contribution < 1.29 is 19.7 Å². The van der Waals surface area contributed by atoms with Gasteiger partial charge in [-0.1, -0.05) is 31.9 Å². The molecule has 1 aromatic rings. The van der Waals surface area contributed by atoms with Crippen molar-refractivity contribution in [3.63, 3.8) is 0 Å². The largest absolute Gasteiger partial charge is 0.504 e. The van der Waals surface area contributed by atoms with Gasteiger partial charge in [0.25, 0.3) is 0 Å². The fourth-order valence-electron chi connectivity index (χ4n) is 2.00. The van der Waals surface area contributed by atoms with Crippen molar-refractivity contribution in [1.82, 2.24) is 0 Å². The lowest BCUT2D eigenvalue weighted by Gasteiger charge is -2.09. The van der Waals surface area contributed by atoms with Crippen LogP contribution in [-0.4, -0.2) is 29.2 Å². The van der Waals surface area contributed by atoms with E-state index in [1.165, 1.54) is 19.3 Å². The minimum atomic E-state index is -1.07. The molecular formula is C17H24O4. The second kappa shape index (κ2) is 9.19. The van der Waals surface area contributed by atoms with Gasteiger partial charge in [-0.15, -0.1) is 0 Å². The molecule has 1 aromatic carbocycles. The van der Waals surface area contributed by atoms with E-state index in [-0.39, 0.29) is 18.0 Å². The molecule has 0 bridgehead atoms.